The van der Waals surface area contributed by atoms with Crippen LogP contribution in [0.1, 0.15) is 18.5 Å². The normalized spacial score (nSPS) is 12.3. The van der Waals surface area contributed by atoms with Gasteiger partial charge in [0, 0.05) is 17.3 Å². The van der Waals surface area contributed by atoms with Crippen LogP contribution in [0.5, 0.6) is 0 Å². The van der Waals surface area contributed by atoms with E-state index in [1.54, 1.807) is 11.3 Å². The van der Waals surface area contributed by atoms with E-state index in [4.69, 9.17) is 16.0 Å². The Balaban J connectivity index is 1.72. The van der Waals surface area contributed by atoms with Gasteiger partial charge in [0.2, 0.25) is 12.3 Å². The SMILES string of the molecule is CC(Nc1ccc(-c2nnco2)cc1)c1csc(Cl)c1. The van der Waals surface area contributed by atoms with Crippen molar-refractivity contribution in [1.82, 2.24) is 10.2 Å². The molecule has 0 saturated heterocycles. The van der Waals surface area contributed by atoms with E-state index in [9.17, 15) is 0 Å². The number of nitrogens with zero attached hydrogens (tertiary/aromatic N) is 2. The summed E-state index contributed by atoms with van der Waals surface area (Å²) in [6.07, 6.45) is 1.32. The molecule has 1 unspecified atom stereocenters. The molecule has 0 fully saturated rings. The van der Waals surface area contributed by atoms with Crippen LogP contribution < -0.4 is 5.32 Å². The average molecular weight is 306 g/mol. The van der Waals surface area contributed by atoms with Crippen molar-refractivity contribution >= 4 is 28.6 Å². The second-order valence-electron chi connectivity index (χ2n) is 4.37. The molecule has 1 atom stereocenters. The lowest BCUT2D eigenvalue weighted by atomic mass is 10.1. The van der Waals surface area contributed by atoms with Crippen molar-refractivity contribution in [3.05, 3.63) is 52.0 Å². The molecule has 0 saturated carbocycles. The highest BCUT2D eigenvalue weighted by Crippen LogP contribution is 2.27. The summed E-state index contributed by atoms with van der Waals surface area (Å²) in [7, 11) is 0. The molecule has 0 aliphatic rings. The molecular formula is C14H12ClN3OS. The minimum Gasteiger partial charge on any atom is -0.423 e. The molecule has 0 spiro atoms. The maximum atomic E-state index is 5.95. The predicted molar refractivity (Wildman–Crippen MR) is 81.1 cm³/mol. The molecule has 0 bridgehead atoms. The second kappa shape index (κ2) is 5.64. The quantitative estimate of drug-likeness (QED) is 0.764. The number of nitrogens with one attached hydrogen (secondary N) is 1. The average Bonchev–Trinajstić information content (AvgIpc) is 3.10. The Labute approximate surface area is 125 Å². The van der Waals surface area contributed by atoms with Gasteiger partial charge in [-0.3, -0.25) is 0 Å². The number of anilines is 1. The van der Waals surface area contributed by atoms with E-state index in [1.807, 2.05) is 30.3 Å². The molecule has 4 nitrogen and oxygen atoms in total. The zero-order valence-electron chi connectivity index (χ0n) is 10.7. The number of hydrogen-bond donors (Lipinski definition) is 1. The number of benzene rings is 1. The van der Waals surface area contributed by atoms with E-state index >= 15 is 0 Å². The highest BCUT2D eigenvalue weighted by molar-refractivity contribution is 7.14. The lowest BCUT2D eigenvalue weighted by Crippen LogP contribution is -2.05. The molecule has 0 aliphatic heterocycles. The standard InChI is InChI=1S/C14H12ClN3OS/c1-9(11-6-13(15)20-7-11)17-12-4-2-10(3-5-12)14-18-16-8-19-14/h2-9,17H,1H3. The van der Waals surface area contributed by atoms with Gasteiger partial charge in [0.1, 0.15) is 0 Å². The fourth-order valence-corrected chi connectivity index (χ4v) is 2.88. The van der Waals surface area contributed by atoms with Gasteiger partial charge >= 0.3 is 0 Å². The van der Waals surface area contributed by atoms with E-state index in [0.717, 1.165) is 15.6 Å². The lowest BCUT2D eigenvalue weighted by molar-refractivity contribution is 0.568. The minimum absolute atomic E-state index is 0.202. The van der Waals surface area contributed by atoms with E-state index in [1.165, 1.54) is 12.0 Å². The first-order valence-corrected chi connectivity index (χ1v) is 7.35. The monoisotopic (exact) mass is 305 g/mol. The first-order chi connectivity index (χ1) is 9.72. The summed E-state index contributed by atoms with van der Waals surface area (Å²) in [6.45, 7) is 2.10. The van der Waals surface area contributed by atoms with Crippen molar-refractivity contribution in [2.45, 2.75) is 13.0 Å². The van der Waals surface area contributed by atoms with Crippen LogP contribution in [-0.4, -0.2) is 10.2 Å². The number of halogens is 1. The molecule has 0 aliphatic carbocycles. The van der Waals surface area contributed by atoms with Crippen LogP contribution in [0, 0.1) is 0 Å². The first-order valence-electron chi connectivity index (χ1n) is 6.09. The molecular weight excluding hydrogens is 294 g/mol. The van der Waals surface area contributed by atoms with Crippen molar-refractivity contribution in [1.29, 1.82) is 0 Å². The highest BCUT2D eigenvalue weighted by Gasteiger charge is 2.08. The molecule has 1 aromatic carbocycles. The molecule has 1 N–H and O–H groups in total. The zero-order valence-corrected chi connectivity index (χ0v) is 12.3. The third-order valence-electron chi connectivity index (χ3n) is 2.96. The maximum Gasteiger partial charge on any atom is 0.247 e. The van der Waals surface area contributed by atoms with Crippen LogP contribution in [-0.2, 0) is 0 Å². The molecule has 3 aromatic rings. The van der Waals surface area contributed by atoms with Gasteiger partial charge in [-0.25, -0.2) is 0 Å². The Kier molecular flexibility index (Phi) is 3.71. The summed E-state index contributed by atoms with van der Waals surface area (Å²) < 4.78 is 5.96. The predicted octanol–water partition coefficient (Wildman–Crippen LogP) is 4.62. The third-order valence-corrected chi connectivity index (χ3v) is 4.07. The molecule has 3 rings (SSSR count). The van der Waals surface area contributed by atoms with Gasteiger partial charge in [0.05, 0.1) is 4.34 Å². The van der Waals surface area contributed by atoms with Gasteiger partial charge in [0.15, 0.2) is 0 Å². The fourth-order valence-electron chi connectivity index (χ4n) is 1.89. The summed E-state index contributed by atoms with van der Waals surface area (Å²) >= 11 is 7.49. The van der Waals surface area contributed by atoms with Crippen molar-refractivity contribution in [2.24, 2.45) is 0 Å². The Morgan fingerprint density at radius 1 is 1.30 bits per heavy atom. The first kappa shape index (κ1) is 13.1. The zero-order chi connectivity index (χ0) is 13.9. The van der Waals surface area contributed by atoms with Crippen molar-refractivity contribution in [3.63, 3.8) is 0 Å². The minimum atomic E-state index is 0.202. The summed E-state index contributed by atoms with van der Waals surface area (Å²) in [4.78, 5) is 0. The number of aromatic nitrogens is 2. The smallest absolute Gasteiger partial charge is 0.247 e. The summed E-state index contributed by atoms with van der Waals surface area (Å²) in [6, 6.07) is 10.1. The molecule has 0 radical (unpaired) electrons. The summed E-state index contributed by atoms with van der Waals surface area (Å²) in [5.74, 6) is 0.522. The molecule has 2 heterocycles. The van der Waals surface area contributed by atoms with Crippen LogP contribution in [0.15, 0.2) is 46.5 Å². The third kappa shape index (κ3) is 2.84. The number of thiophene rings is 1. The van der Waals surface area contributed by atoms with Gasteiger partial charge < -0.3 is 9.73 Å². The Bertz CT molecular complexity index is 679. The fraction of sp³-hybridized carbons (Fsp3) is 0.143. The lowest BCUT2D eigenvalue weighted by Gasteiger charge is -2.14. The molecule has 2 aromatic heterocycles. The van der Waals surface area contributed by atoms with Gasteiger partial charge in [-0.15, -0.1) is 21.5 Å². The van der Waals surface area contributed by atoms with E-state index in [0.29, 0.717) is 5.89 Å². The Morgan fingerprint density at radius 2 is 2.10 bits per heavy atom. The summed E-state index contributed by atoms with van der Waals surface area (Å²) in [5, 5.41) is 13.0. The van der Waals surface area contributed by atoms with Gasteiger partial charge in [-0.05, 0) is 48.2 Å². The van der Waals surface area contributed by atoms with E-state index < -0.39 is 0 Å². The highest BCUT2D eigenvalue weighted by atomic mass is 35.5. The van der Waals surface area contributed by atoms with Crippen LogP contribution in [0.3, 0.4) is 0 Å². The van der Waals surface area contributed by atoms with Crippen molar-refractivity contribution < 1.29 is 4.42 Å². The van der Waals surface area contributed by atoms with E-state index in [2.05, 4.69) is 27.8 Å². The molecule has 0 amide bonds. The van der Waals surface area contributed by atoms with Crippen LogP contribution in [0.25, 0.3) is 11.5 Å². The van der Waals surface area contributed by atoms with Gasteiger partial charge in [-0.1, -0.05) is 11.6 Å². The van der Waals surface area contributed by atoms with Crippen molar-refractivity contribution in [3.8, 4) is 11.5 Å². The number of rotatable bonds is 4. The van der Waals surface area contributed by atoms with Gasteiger partial charge in [-0.2, -0.15) is 0 Å². The van der Waals surface area contributed by atoms with Crippen LogP contribution in [0.4, 0.5) is 5.69 Å². The molecule has 102 valence electrons. The molecule has 6 heteroatoms. The number of hydrogen-bond acceptors (Lipinski definition) is 5. The van der Waals surface area contributed by atoms with E-state index in [-0.39, 0.29) is 6.04 Å². The van der Waals surface area contributed by atoms with Crippen LogP contribution in [0.2, 0.25) is 4.34 Å². The summed E-state index contributed by atoms with van der Waals surface area (Å²) in [5.41, 5.74) is 3.11. The largest absolute Gasteiger partial charge is 0.423 e. The topological polar surface area (TPSA) is 51.0 Å². The Morgan fingerprint density at radius 3 is 2.70 bits per heavy atom. The molecule has 20 heavy (non-hydrogen) atoms. The van der Waals surface area contributed by atoms with Gasteiger partial charge in [0.25, 0.3) is 0 Å². The van der Waals surface area contributed by atoms with Crippen LogP contribution >= 0.6 is 22.9 Å². The van der Waals surface area contributed by atoms with Crippen molar-refractivity contribution in [2.75, 3.05) is 5.32 Å². The maximum absolute atomic E-state index is 5.95. The second-order valence-corrected chi connectivity index (χ2v) is 5.91. The Hall–Kier alpha value is -1.85.